The molecule has 1 aliphatic heterocycles. The van der Waals surface area contributed by atoms with Crippen molar-refractivity contribution >= 4 is 17.7 Å². The SMILES string of the molecule is CC(C)(C)c1cc(NC(=O)COC(=O)[C@@H]2CCCO2)n(-c2ccccc2)n1. The number of hydrogen-bond donors (Lipinski definition) is 1. The summed E-state index contributed by atoms with van der Waals surface area (Å²) in [6.45, 7) is 6.36. The minimum atomic E-state index is -0.555. The van der Waals surface area contributed by atoms with E-state index in [9.17, 15) is 9.59 Å². The number of ether oxygens (including phenoxy) is 2. The van der Waals surface area contributed by atoms with E-state index < -0.39 is 18.0 Å². The Morgan fingerprint density at radius 3 is 2.67 bits per heavy atom. The molecule has 0 radical (unpaired) electrons. The Bertz CT molecular complexity index is 802. The average molecular weight is 371 g/mol. The number of aromatic nitrogens is 2. The van der Waals surface area contributed by atoms with E-state index in [1.165, 1.54) is 0 Å². The zero-order chi connectivity index (χ0) is 19.4. The molecule has 2 heterocycles. The summed E-state index contributed by atoms with van der Waals surface area (Å²) in [5.74, 6) is -0.377. The van der Waals surface area contributed by atoms with Gasteiger partial charge in [-0.05, 0) is 25.0 Å². The van der Waals surface area contributed by atoms with Gasteiger partial charge in [-0.15, -0.1) is 0 Å². The maximum absolute atomic E-state index is 12.3. The van der Waals surface area contributed by atoms with Gasteiger partial charge in [0.2, 0.25) is 0 Å². The highest BCUT2D eigenvalue weighted by atomic mass is 16.6. The lowest BCUT2D eigenvalue weighted by atomic mass is 9.92. The van der Waals surface area contributed by atoms with Crippen LogP contribution in [0.4, 0.5) is 5.82 Å². The molecular weight excluding hydrogens is 346 g/mol. The molecule has 1 aromatic heterocycles. The van der Waals surface area contributed by atoms with Crippen LogP contribution in [0, 0.1) is 0 Å². The second kappa shape index (κ2) is 7.92. The molecule has 1 saturated heterocycles. The Morgan fingerprint density at radius 2 is 2.04 bits per heavy atom. The fourth-order valence-corrected chi connectivity index (χ4v) is 2.77. The Balaban J connectivity index is 1.72. The van der Waals surface area contributed by atoms with Gasteiger partial charge in [0.15, 0.2) is 12.7 Å². The van der Waals surface area contributed by atoms with Gasteiger partial charge in [0.1, 0.15) is 5.82 Å². The van der Waals surface area contributed by atoms with Crippen LogP contribution in [-0.4, -0.2) is 41.0 Å². The van der Waals surface area contributed by atoms with Crippen molar-refractivity contribution in [2.24, 2.45) is 0 Å². The maximum atomic E-state index is 12.3. The number of benzene rings is 1. The third kappa shape index (κ3) is 4.74. The van der Waals surface area contributed by atoms with E-state index in [1.807, 2.05) is 36.4 Å². The van der Waals surface area contributed by atoms with Crippen molar-refractivity contribution in [2.75, 3.05) is 18.5 Å². The fraction of sp³-hybridized carbons (Fsp3) is 0.450. The molecule has 1 N–H and O–H groups in total. The summed E-state index contributed by atoms with van der Waals surface area (Å²) in [5, 5.41) is 7.43. The van der Waals surface area contributed by atoms with Crippen LogP contribution in [0.3, 0.4) is 0 Å². The van der Waals surface area contributed by atoms with E-state index in [0.29, 0.717) is 18.8 Å². The monoisotopic (exact) mass is 371 g/mol. The van der Waals surface area contributed by atoms with Crippen LogP contribution in [0.25, 0.3) is 5.69 Å². The lowest BCUT2D eigenvalue weighted by molar-refractivity contribution is -0.156. The molecule has 27 heavy (non-hydrogen) atoms. The number of esters is 1. The van der Waals surface area contributed by atoms with Crippen molar-refractivity contribution in [2.45, 2.75) is 45.1 Å². The number of hydrogen-bond acceptors (Lipinski definition) is 5. The first-order valence-electron chi connectivity index (χ1n) is 9.08. The molecule has 0 saturated carbocycles. The maximum Gasteiger partial charge on any atom is 0.335 e. The van der Waals surface area contributed by atoms with E-state index in [-0.39, 0.29) is 12.0 Å². The third-order valence-corrected chi connectivity index (χ3v) is 4.28. The van der Waals surface area contributed by atoms with Crippen molar-refractivity contribution in [1.29, 1.82) is 0 Å². The molecule has 0 unspecified atom stereocenters. The second-order valence-corrected chi connectivity index (χ2v) is 7.57. The zero-order valence-electron chi connectivity index (χ0n) is 15.9. The van der Waals surface area contributed by atoms with Crippen molar-refractivity contribution in [3.8, 4) is 5.69 Å². The van der Waals surface area contributed by atoms with Gasteiger partial charge in [-0.1, -0.05) is 39.0 Å². The molecule has 1 atom stereocenters. The Morgan fingerprint density at radius 1 is 1.30 bits per heavy atom. The van der Waals surface area contributed by atoms with Gasteiger partial charge in [0.25, 0.3) is 5.91 Å². The summed E-state index contributed by atoms with van der Waals surface area (Å²) < 4.78 is 12.0. The molecule has 7 nitrogen and oxygen atoms in total. The summed E-state index contributed by atoms with van der Waals surface area (Å²) in [6.07, 6.45) is 0.911. The molecule has 7 heteroatoms. The largest absolute Gasteiger partial charge is 0.454 e. The van der Waals surface area contributed by atoms with Gasteiger partial charge < -0.3 is 14.8 Å². The molecular formula is C20H25N3O4. The van der Waals surface area contributed by atoms with Gasteiger partial charge in [-0.25, -0.2) is 9.48 Å². The normalized spacial score (nSPS) is 16.9. The summed E-state index contributed by atoms with van der Waals surface area (Å²) in [6, 6.07) is 11.4. The predicted octanol–water partition coefficient (Wildman–Crippen LogP) is 2.83. The molecule has 0 aliphatic carbocycles. The Hall–Kier alpha value is -2.67. The molecule has 1 aliphatic rings. The summed E-state index contributed by atoms with van der Waals surface area (Å²) >= 11 is 0. The lowest BCUT2D eigenvalue weighted by Crippen LogP contribution is -2.27. The number of rotatable bonds is 5. The minimum Gasteiger partial charge on any atom is -0.454 e. The van der Waals surface area contributed by atoms with Crippen LogP contribution < -0.4 is 5.32 Å². The van der Waals surface area contributed by atoms with Crippen molar-refractivity contribution in [3.05, 3.63) is 42.1 Å². The molecule has 3 rings (SSSR count). The van der Waals surface area contributed by atoms with E-state index >= 15 is 0 Å². The first-order chi connectivity index (χ1) is 12.8. The lowest BCUT2D eigenvalue weighted by Gasteiger charge is -2.14. The van der Waals surface area contributed by atoms with Crippen molar-refractivity contribution in [1.82, 2.24) is 9.78 Å². The quantitative estimate of drug-likeness (QED) is 0.817. The molecule has 144 valence electrons. The number of nitrogens with zero attached hydrogens (tertiary/aromatic N) is 2. The number of carbonyl (C=O) groups excluding carboxylic acids is 2. The van der Waals surface area contributed by atoms with Crippen molar-refractivity contribution in [3.63, 3.8) is 0 Å². The second-order valence-electron chi connectivity index (χ2n) is 7.57. The van der Waals surface area contributed by atoms with E-state index in [0.717, 1.165) is 17.8 Å². The molecule has 2 aromatic rings. The van der Waals surface area contributed by atoms with Gasteiger partial charge in [-0.2, -0.15) is 5.10 Å². The van der Waals surface area contributed by atoms with Crippen molar-refractivity contribution < 1.29 is 19.1 Å². The van der Waals surface area contributed by atoms with Gasteiger partial charge in [0, 0.05) is 18.1 Å². The topological polar surface area (TPSA) is 82.5 Å². The first-order valence-corrected chi connectivity index (χ1v) is 9.08. The van der Waals surface area contributed by atoms with Crippen LogP contribution in [0.15, 0.2) is 36.4 Å². The smallest absolute Gasteiger partial charge is 0.335 e. The Kier molecular flexibility index (Phi) is 5.60. The highest BCUT2D eigenvalue weighted by molar-refractivity contribution is 5.92. The number of anilines is 1. The minimum absolute atomic E-state index is 0.175. The Labute approximate surface area is 158 Å². The van der Waals surface area contributed by atoms with E-state index in [2.05, 4.69) is 31.2 Å². The third-order valence-electron chi connectivity index (χ3n) is 4.28. The van der Waals surface area contributed by atoms with Crippen LogP contribution >= 0.6 is 0 Å². The molecule has 1 aromatic carbocycles. The predicted molar refractivity (Wildman–Crippen MR) is 101 cm³/mol. The summed E-state index contributed by atoms with van der Waals surface area (Å²) in [4.78, 5) is 24.2. The van der Waals surface area contributed by atoms with Gasteiger partial charge in [0.05, 0.1) is 11.4 Å². The molecule has 1 amide bonds. The molecule has 0 bridgehead atoms. The van der Waals surface area contributed by atoms with E-state index in [1.54, 1.807) is 4.68 Å². The average Bonchev–Trinajstić information content (AvgIpc) is 3.30. The number of amides is 1. The zero-order valence-corrected chi connectivity index (χ0v) is 15.9. The van der Waals surface area contributed by atoms with Gasteiger partial charge in [-0.3, -0.25) is 4.79 Å². The molecule has 1 fully saturated rings. The summed E-state index contributed by atoms with van der Waals surface area (Å²) in [7, 11) is 0. The fourth-order valence-electron chi connectivity index (χ4n) is 2.77. The highest BCUT2D eigenvalue weighted by Gasteiger charge is 2.26. The van der Waals surface area contributed by atoms with Crippen LogP contribution in [-0.2, 0) is 24.5 Å². The van der Waals surface area contributed by atoms with Gasteiger partial charge >= 0.3 is 5.97 Å². The summed E-state index contributed by atoms with van der Waals surface area (Å²) in [5.41, 5.74) is 1.50. The van der Waals surface area contributed by atoms with Crippen LogP contribution in [0.1, 0.15) is 39.3 Å². The number of nitrogens with one attached hydrogen (secondary N) is 1. The standard InChI is InChI=1S/C20H25N3O4/c1-20(2,3)16-12-17(23(22-16)14-8-5-4-6-9-14)21-18(24)13-27-19(25)15-10-7-11-26-15/h4-6,8-9,12,15H,7,10-11,13H2,1-3H3,(H,21,24)/t15-/m0/s1. The first kappa shape index (κ1) is 19.1. The highest BCUT2D eigenvalue weighted by Crippen LogP contribution is 2.26. The van der Waals surface area contributed by atoms with Crippen LogP contribution in [0.5, 0.6) is 0 Å². The number of para-hydroxylation sites is 1. The number of carbonyl (C=O) groups is 2. The van der Waals surface area contributed by atoms with E-state index in [4.69, 9.17) is 9.47 Å². The molecule has 0 spiro atoms. The van der Waals surface area contributed by atoms with Crippen LogP contribution in [0.2, 0.25) is 0 Å².